The molecule has 5 nitrogen and oxygen atoms in total. The molecule has 0 spiro atoms. The number of methoxy groups -OCH3 is 1. The summed E-state index contributed by atoms with van der Waals surface area (Å²) in [6.07, 6.45) is 0. The van der Waals surface area contributed by atoms with Crippen molar-refractivity contribution in [3.05, 3.63) is 28.8 Å². The third-order valence-corrected chi connectivity index (χ3v) is 2.74. The van der Waals surface area contributed by atoms with Crippen molar-refractivity contribution in [2.45, 2.75) is 0 Å². The number of anilines is 1. The van der Waals surface area contributed by atoms with Crippen molar-refractivity contribution in [3.8, 4) is 0 Å². The SMILES string of the molecule is COCCOCC(=O)Nc1ccc(C(N)=S)cc1Cl. The molecule has 3 N–H and O–H groups in total. The third kappa shape index (κ3) is 5.52. The van der Waals surface area contributed by atoms with E-state index >= 15 is 0 Å². The summed E-state index contributed by atoms with van der Waals surface area (Å²) in [7, 11) is 1.56. The van der Waals surface area contributed by atoms with Gasteiger partial charge in [0.15, 0.2) is 0 Å². The minimum absolute atomic E-state index is 0.0588. The first-order valence-electron chi connectivity index (χ1n) is 5.50. The fourth-order valence-electron chi connectivity index (χ4n) is 1.26. The predicted octanol–water partition coefficient (Wildman–Crippen LogP) is 1.58. The minimum atomic E-state index is -0.291. The maximum absolute atomic E-state index is 11.6. The zero-order valence-electron chi connectivity index (χ0n) is 10.4. The van der Waals surface area contributed by atoms with Gasteiger partial charge in [-0.1, -0.05) is 23.8 Å². The van der Waals surface area contributed by atoms with E-state index in [9.17, 15) is 4.79 Å². The van der Waals surface area contributed by atoms with E-state index in [1.807, 2.05) is 0 Å². The van der Waals surface area contributed by atoms with E-state index in [1.54, 1.807) is 25.3 Å². The molecular formula is C12H15ClN2O3S. The minimum Gasteiger partial charge on any atom is -0.389 e. The lowest BCUT2D eigenvalue weighted by atomic mass is 10.2. The van der Waals surface area contributed by atoms with Crippen LogP contribution in [0, 0.1) is 0 Å². The lowest BCUT2D eigenvalue weighted by Crippen LogP contribution is -2.20. The number of carbonyl (C=O) groups excluding carboxylic acids is 1. The van der Waals surface area contributed by atoms with Crippen LogP contribution in [-0.4, -0.2) is 37.8 Å². The molecule has 0 unspecified atom stereocenters. The Balaban J connectivity index is 2.52. The summed E-state index contributed by atoms with van der Waals surface area (Å²) in [4.78, 5) is 11.8. The van der Waals surface area contributed by atoms with Gasteiger partial charge < -0.3 is 20.5 Å². The van der Waals surface area contributed by atoms with E-state index in [0.717, 1.165) is 0 Å². The average Bonchev–Trinajstić information content (AvgIpc) is 2.37. The number of nitrogens with one attached hydrogen (secondary N) is 1. The summed E-state index contributed by atoms with van der Waals surface area (Å²) in [6.45, 7) is 0.742. The number of thiocarbonyl (C=S) groups is 1. The topological polar surface area (TPSA) is 73.6 Å². The Morgan fingerprint density at radius 3 is 2.79 bits per heavy atom. The second-order valence-electron chi connectivity index (χ2n) is 3.65. The van der Waals surface area contributed by atoms with Crippen LogP contribution in [0.25, 0.3) is 0 Å². The van der Waals surface area contributed by atoms with Crippen molar-refractivity contribution < 1.29 is 14.3 Å². The number of benzene rings is 1. The number of carbonyl (C=O) groups is 1. The molecule has 0 atom stereocenters. The van der Waals surface area contributed by atoms with Gasteiger partial charge in [-0.05, 0) is 18.2 Å². The first-order chi connectivity index (χ1) is 9.04. The fourth-order valence-corrected chi connectivity index (χ4v) is 1.62. The van der Waals surface area contributed by atoms with Gasteiger partial charge in [0.2, 0.25) is 5.91 Å². The predicted molar refractivity (Wildman–Crippen MR) is 78.7 cm³/mol. The van der Waals surface area contributed by atoms with E-state index in [2.05, 4.69) is 5.32 Å². The molecule has 1 aromatic rings. The Bertz CT molecular complexity index is 468. The van der Waals surface area contributed by atoms with Crippen LogP contribution < -0.4 is 11.1 Å². The number of rotatable bonds is 7. The summed E-state index contributed by atoms with van der Waals surface area (Å²) in [5, 5.41) is 3.00. The summed E-state index contributed by atoms with van der Waals surface area (Å²) in [6, 6.07) is 4.94. The number of hydrogen-bond acceptors (Lipinski definition) is 4. The molecule has 19 heavy (non-hydrogen) atoms. The fraction of sp³-hybridized carbons (Fsp3) is 0.333. The molecule has 1 amide bonds. The number of halogens is 1. The first-order valence-corrected chi connectivity index (χ1v) is 6.29. The smallest absolute Gasteiger partial charge is 0.250 e. The summed E-state index contributed by atoms with van der Waals surface area (Å²) in [5.41, 5.74) is 6.62. The van der Waals surface area contributed by atoms with Crippen LogP contribution >= 0.6 is 23.8 Å². The molecule has 0 fully saturated rings. The summed E-state index contributed by atoms with van der Waals surface area (Å²) in [5.74, 6) is -0.291. The lowest BCUT2D eigenvalue weighted by Gasteiger charge is -2.09. The first kappa shape index (κ1) is 15.8. The van der Waals surface area contributed by atoms with Gasteiger partial charge in [-0.25, -0.2) is 0 Å². The number of hydrogen-bond donors (Lipinski definition) is 2. The molecule has 0 aliphatic heterocycles. The van der Waals surface area contributed by atoms with Gasteiger partial charge in [0.25, 0.3) is 0 Å². The van der Waals surface area contributed by atoms with Gasteiger partial charge in [-0.3, -0.25) is 4.79 Å². The van der Waals surface area contributed by atoms with E-state index < -0.39 is 0 Å². The molecule has 104 valence electrons. The monoisotopic (exact) mass is 302 g/mol. The standard InChI is InChI=1S/C12H15ClN2O3S/c1-17-4-5-18-7-11(16)15-10-3-2-8(12(14)19)6-9(10)13/h2-3,6H,4-5,7H2,1H3,(H2,14,19)(H,15,16). The van der Waals surface area contributed by atoms with Crippen molar-refractivity contribution in [3.63, 3.8) is 0 Å². The average molecular weight is 303 g/mol. The third-order valence-electron chi connectivity index (χ3n) is 2.19. The number of ether oxygens (including phenoxy) is 2. The Morgan fingerprint density at radius 2 is 2.21 bits per heavy atom. The van der Waals surface area contributed by atoms with Gasteiger partial charge in [0, 0.05) is 12.7 Å². The zero-order chi connectivity index (χ0) is 14.3. The van der Waals surface area contributed by atoms with Crippen LogP contribution in [0.4, 0.5) is 5.69 Å². The summed E-state index contributed by atoms with van der Waals surface area (Å²) < 4.78 is 9.88. The highest BCUT2D eigenvalue weighted by atomic mass is 35.5. The Labute approximate surface area is 122 Å². The van der Waals surface area contributed by atoms with Crippen LogP contribution in [-0.2, 0) is 14.3 Å². The van der Waals surface area contributed by atoms with Crippen molar-refractivity contribution in [1.29, 1.82) is 0 Å². The molecule has 1 aromatic carbocycles. The molecule has 0 saturated heterocycles. The second-order valence-corrected chi connectivity index (χ2v) is 4.50. The van der Waals surface area contributed by atoms with Gasteiger partial charge in [-0.15, -0.1) is 0 Å². The van der Waals surface area contributed by atoms with Crippen LogP contribution in [0.1, 0.15) is 5.56 Å². The Morgan fingerprint density at radius 1 is 1.47 bits per heavy atom. The second kappa shape index (κ2) is 8.06. The van der Waals surface area contributed by atoms with Gasteiger partial charge in [-0.2, -0.15) is 0 Å². The zero-order valence-corrected chi connectivity index (χ0v) is 12.0. The molecule has 7 heteroatoms. The van der Waals surface area contributed by atoms with E-state index in [4.69, 9.17) is 39.0 Å². The molecule has 0 bridgehead atoms. The molecule has 0 aromatic heterocycles. The van der Waals surface area contributed by atoms with Crippen molar-refractivity contribution in [1.82, 2.24) is 0 Å². The highest BCUT2D eigenvalue weighted by molar-refractivity contribution is 7.80. The van der Waals surface area contributed by atoms with Crippen LogP contribution in [0.15, 0.2) is 18.2 Å². The van der Waals surface area contributed by atoms with Gasteiger partial charge in [0.05, 0.1) is 23.9 Å². The normalized spacial score (nSPS) is 10.2. The molecule has 0 radical (unpaired) electrons. The number of amides is 1. The number of nitrogens with two attached hydrogens (primary N) is 1. The maximum Gasteiger partial charge on any atom is 0.250 e. The molecule has 0 aliphatic carbocycles. The van der Waals surface area contributed by atoms with Gasteiger partial charge in [0.1, 0.15) is 11.6 Å². The van der Waals surface area contributed by atoms with Crippen molar-refractivity contribution in [2.24, 2.45) is 5.73 Å². The maximum atomic E-state index is 11.6. The Kier molecular flexibility index (Phi) is 6.72. The molecular weight excluding hydrogens is 288 g/mol. The van der Waals surface area contributed by atoms with E-state index in [1.165, 1.54) is 0 Å². The van der Waals surface area contributed by atoms with Crippen LogP contribution in [0.5, 0.6) is 0 Å². The quantitative estimate of drug-likeness (QED) is 0.591. The van der Waals surface area contributed by atoms with Crippen molar-refractivity contribution in [2.75, 3.05) is 32.2 Å². The van der Waals surface area contributed by atoms with E-state index in [-0.39, 0.29) is 17.5 Å². The largest absolute Gasteiger partial charge is 0.389 e. The summed E-state index contributed by atoms with van der Waals surface area (Å²) >= 11 is 10.8. The van der Waals surface area contributed by atoms with E-state index in [0.29, 0.717) is 29.5 Å². The molecule has 0 heterocycles. The van der Waals surface area contributed by atoms with Crippen LogP contribution in [0.3, 0.4) is 0 Å². The molecule has 1 rings (SSSR count). The van der Waals surface area contributed by atoms with Crippen LogP contribution in [0.2, 0.25) is 5.02 Å². The van der Waals surface area contributed by atoms with Crippen molar-refractivity contribution >= 4 is 40.4 Å². The Hall–Kier alpha value is -1.21. The van der Waals surface area contributed by atoms with Gasteiger partial charge >= 0.3 is 0 Å². The lowest BCUT2D eigenvalue weighted by molar-refractivity contribution is -0.121. The molecule has 0 saturated carbocycles. The molecule has 0 aliphatic rings. The highest BCUT2D eigenvalue weighted by Gasteiger charge is 2.07. The highest BCUT2D eigenvalue weighted by Crippen LogP contribution is 2.22.